The standard InChI is InChI=1S/C14H22BrN3/c1-11-7-12(3-4-14(11)15)9-18-6-5-17(2)10-13(18)8-16/h3-4,7,13H,5-6,8-10,16H2,1-2H3. The van der Waals surface area contributed by atoms with Crippen LogP contribution < -0.4 is 5.73 Å². The molecule has 3 nitrogen and oxygen atoms in total. The minimum Gasteiger partial charge on any atom is -0.329 e. The molecule has 1 heterocycles. The smallest absolute Gasteiger partial charge is 0.0349 e. The zero-order valence-electron chi connectivity index (χ0n) is 11.2. The molecule has 0 radical (unpaired) electrons. The van der Waals surface area contributed by atoms with Gasteiger partial charge in [-0.3, -0.25) is 4.90 Å². The van der Waals surface area contributed by atoms with Gasteiger partial charge in [-0.2, -0.15) is 0 Å². The Morgan fingerprint density at radius 1 is 1.39 bits per heavy atom. The van der Waals surface area contributed by atoms with Crippen molar-refractivity contribution < 1.29 is 0 Å². The summed E-state index contributed by atoms with van der Waals surface area (Å²) in [5, 5.41) is 0. The van der Waals surface area contributed by atoms with Gasteiger partial charge in [0.2, 0.25) is 0 Å². The largest absolute Gasteiger partial charge is 0.329 e. The van der Waals surface area contributed by atoms with Crippen LogP contribution in [0.2, 0.25) is 0 Å². The second-order valence-electron chi connectivity index (χ2n) is 5.21. The van der Waals surface area contributed by atoms with E-state index in [-0.39, 0.29) is 0 Å². The van der Waals surface area contributed by atoms with E-state index in [2.05, 4.69) is 57.9 Å². The van der Waals surface area contributed by atoms with Crippen molar-refractivity contribution in [3.8, 4) is 0 Å². The van der Waals surface area contributed by atoms with Gasteiger partial charge in [0.25, 0.3) is 0 Å². The van der Waals surface area contributed by atoms with E-state index in [9.17, 15) is 0 Å². The summed E-state index contributed by atoms with van der Waals surface area (Å²) in [4.78, 5) is 4.86. The van der Waals surface area contributed by atoms with Gasteiger partial charge in [0.15, 0.2) is 0 Å². The number of aryl methyl sites for hydroxylation is 1. The minimum absolute atomic E-state index is 0.479. The maximum Gasteiger partial charge on any atom is 0.0349 e. The molecule has 1 aromatic carbocycles. The Morgan fingerprint density at radius 3 is 2.83 bits per heavy atom. The van der Waals surface area contributed by atoms with Crippen LogP contribution in [0.25, 0.3) is 0 Å². The number of benzene rings is 1. The molecule has 0 aliphatic carbocycles. The summed E-state index contributed by atoms with van der Waals surface area (Å²) in [6.45, 7) is 7.19. The molecule has 1 aromatic rings. The lowest BCUT2D eigenvalue weighted by Crippen LogP contribution is -2.54. The quantitative estimate of drug-likeness (QED) is 0.924. The molecule has 0 aromatic heterocycles. The molecule has 1 unspecified atom stereocenters. The number of likely N-dealkylation sites (N-methyl/N-ethyl adjacent to an activating group) is 1. The first-order chi connectivity index (χ1) is 8.60. The second kappa shape index (κ2) is 6.15. The summed E-state index contributed by atoms with van der Waals surface area (Å²) in [5.41, 5.74) is 8.56. The molecule has 1 saturated heterocycles. The zero-order valence-corrected chi connectivity index (χ0v) is 12.8. The molecule has 4 heteroatoms. The molecule has 0 spiro atoms. The molecular formula is C14H22BrN3. The number of hydrogen-bond donors (Lipinski definition) is 1. The van der Waals surface area contributed by atoms with Crippen LogP contribution in [-0.4, -0.2) is 49.1 Å². The second-order valence-corrected chi connectivity index (χ2v) is 6.06. The van der Waals surface area contributed by atoms with Crippen LogP contribution in [0, 0.1) is 6.92 Å². The van der Waals surface area contributed by atoms with Crippen molar-refractivity contribution in [2.45, 2.75) is 19.5 Å². The fourth-order valence-electron chi connectivity index (χ4n) is 2.52. The van der Waals surface area contributed by atoms with E-state index < -0.39 is 0 Å². The van der Waals surface area contributed by atoms with Crippen LogP contribution in [-0.2, 0) is 6.54 Å². The third kappa shape index (κ3) is 3.32. The molecule has 18 heavy (non-hydrogen) atoms. The van der Waals surface area contributed by atoms with Crippen LogP contribution in [0.4, 0.5) is 0 Å². The van der Waals surface area contributed by atoms with E-state index in [4.69, 9.17) is 5.73 Å². The first-order valence-electron chi connectivity index (χ1n) is 6.48. The van der Waals surface area contributed by atoms with Gasteiger partial charge >= 0.3 is 0 Å². The van der Waals surface area contributed by atoms with Crippen molar-refractivity contribution >= 4 is 15.9 Å². The summed E-state index contributed by atoms with van der Waals surface area (Å²) < 4.78 is 1.18. The lowest BCUT2D eigenvalue weighted by Gasteiger charge is -2.39. The lowest BCUT2D eigenvalue weighted by molar-refractivity contribution is 0.0881. The van der Waals surface area contributed by atoms with E-state index in [0.717, 1.165) is 32.7 Å². The highest BCUT2D eigenvalue weighted by atomic mass is 79.9. The Morgan fingerprint density at radius 2 is 2.17 bits per heavy atom. The van der Waals surface area contributed by atoms with Gasteiger partial charge in [0.1, 0.15) is 0 Å². The fraction of sp³-hybridized carbons (Fsp3) is 0.571. The van der Waals surface area contributed by atoms with Crippen molar-refractivity contribution in [2.24, 2.45) is 5.73 Å². The van der Waals surface area contributed by atoms with Crippen LogP contribution in [0.3, 0.4) is 0 Å². The van der Waals surface area contributed by atoms with Crippen LogP contribution in [0.1, 0.15) is 11.1 Å². The van der Waals surface area contributed by atoms with Gasteiger partial charge in [-0.15, -0.1) is 0 Å². The normalized spacial score (nSPS) is 22.3. The van der Waals surface area contributed by atoms with Crippen molar-refractivity contribution in [2.75, 3.05) is 33.2 Å². The molecule has 0 saturated carbocycles. The monoisotopic (exact) mass is 311 g/mol. The van der Waals surface area contributed by atoms with Crippen LogP contribution in [0.5, 0.6) is 0 Å². The average molecular weight is 312 g/mol. The van der Waals surface area contributed by atoms with E-state index >= 15 is 0 Å². The number of nitrogens with zero attached hydrogens (tertiary/aromatic N) is 2. The van der Waals surface area contributed by atoms with Crippen molar-refractivity contribution in [1.29, 1.82) is 0 Å². The Kier molecular flexibility index (Phi) is 4.78. The highest BCUT2D eigenvalue weighted by molar-refractivity contribution is 9.10. The van der Waals surface area contributed by atoms with Crippen LogP contribution >= 0.6 is 15.9 Å². The highest BCUT2D eigenvalue weighted by Gasteiger charge is 2.23. The van der Waals surface area contributed by atoms with Gasteiger partial charge < -0.3 is 10.6 Å². The highest BCUT2D eigenvalue weighted by Crippen LogP contribution is 2.19. The van der Waals surface area contributed by atoms with Crippen molar-refractivity contribution in [1.82, 2.24) is 9.80 Å². The molecule has 1 atom stereocenters. The number of rotatable bonds is 3. The van der Waals surface area contributed by atoms with Crippen LogP contribution in [0.15, 0.2) is 22.7 Å². The summed E-state index contributed by atoms with van der Waals surface area (Å²) in [5.74, 6) is 0. The minimum atomic E-state index is 0.479. The third-order valence-corrected chi connectivity index (χ3v) is 4.58. The number of nitrogens with two attached hydrogens (primary N) is 1. The molecule has 2 rings (SSSR count). The lowest BCUT2D eigenvalue weighted by atomic mass is 10.1. The van der Waals surface area contributed by atoms with E-state index in [1.807, 2.05) is 0 Å². The Balaban J connectivity index is 2.05. The van der Waals surface area contributed by atoms with Gasteiger partial charge in [0, 0.05) is 43.2 Å². The molecule has 0 bridgehead atoms. The van der Waals surface area contributed by atoms with Gasteiger partial charge in [-0.25, -0.2) is 0 Å². The van der Waals surface area contributed by atoms with E-state index in [0.29, 0.717) is 6.04 Å². The molecule has 1 aliphatic rings. The predicted octanol–water partition coefficient (Wildman–Crippen LogP) is 1.83. The van der Waals surface area contributed by atoms with Crippen molar-refractivity contribution in [3.05, 3.63) is 33.8 Å². The molecular weight excluding hydrogens is 290 g/mol. The molecule has 1 aliphatic heterocycles. The maximum atomic E-state index is 5.89. The zero-order chi connectivity index (χ0) is 13.1. The number of halogens is 1. The molecule has 1 fully saturated rings. The number of hydrogen-bond acceptors (Lipinski definition) is 3. The SMILES string of the molecule is Cc1cc(CN2CCN(C)CC2CN)ccc1Br. The Hall–Kier alpha value is -0.420. The first kappa shape index (κ1) is 14.0. The summed E-state index contributed by atoms with van der Waals surface area (Å²) in [6, 6.07) is 7.07. The maximum absolute atomic E-state index is 5.89. The predicted molar refractivity (Wildman–Crippen MR) is 79.6 cm³/mol. The van der Waals surface area contributed by atoms with Crippen molar-refractivity contribution in [3.63, 3.8) is 0 Å². The Labute approximate surface area is 118 Å². The Bertz CT molecular complexity index is 408. The van der Waals surface area contributed by atoms with Gasteiger partial charge in [-0.1, -0.05) is 28.1 Å². The average Bonchev–Trinajstić information content (AvgIpc) is 2.36. The van der Waals surface area contributed by atoms with Gasteiger partial charge in [-0.05, 0) is 31.2 Å². The summed E-state index contributed by atoms with van der Waals surface area (Å²) >= 11 is 3.55. The fourth-order valence-corrected chi connectivity index (χ4v) is 2.77. The van der Waals surface area contributed by atoms with E-state index in [1.165, 1.54) is 15.6 Å². The molecule has 0 amide bonds. The molecule has 100 valence electrons. The summed E-state index contributed by atoms with van der Waals surface area (Å²) in [6.07, 6.45) is 0. The van der Waals surface area contributed by atoms with E-state index in [1.54, 1.807) is 0 Å². The van der Waals surface area contributed by atoms with Gasteiger partial charge in [0.05, 0.1) is 0 Å². The number of piperazine rings is 1. The summed E-state index contributed by atoms with van der Waals surface area (Å²) in [7, 11) is 2.17. The topological polar surface area (TPSA) is 32.5 Å². The first-order valence-corrected chi connectivity index (χ1v) is 7.27. The third-order valence-electron chi connectivity index (χ3n) is 3.69. The molecule has 2 N–H and O–H groups in total.